The highest BCUT2D eigenvalue weighted by atomic mass is 19.4. The van der Waals surface area contributed by atoms with Crippen LogP contribution in [0.2, 0.25) is 0 Å². The summed E-state index contributed by atoms with van der Waals surface area (Å²) in [6, 6.07) is 1.56. The van der Waals surface area contributed by atoms with Gasteiger partial charge in [-0.25, -0.2) is 8.78 Å². The molecule has 1 saturated heterocycles. The Labute approximate surface area is 176 Å². The van der Waals surface area contributed by atoms with E-state index in [0.29, 0.717) is 22.7 Å². The number of aryl methyl sites for hydroxylation is 2. The molecule has 0 spiro atoms. The summed E-state index contributed by atoms with van der Waals surface area (Å²) >= 11 is 0. The summed E-state index contributed by atoms with van der Waals surface area (Å²) in [6.07, 6.45) is -1.05. The summed E-state index contributed by atoms with van der Waals surface area (Å²) in [5, 5.41) is 3.33. The lowest BCUT2D eigenvalue weighted by Crippen LogP contribution is -2.61. The van der Waals surface area contributed by atoms with Gasteiger partial charge in [-0.1, -0.05) is 6.08 Å². The molecule has 0 amide bonds. The predicted octanol–water partition coefficient (Wildman–Crippen LogP) is 5.11. The van der Waals surface area contributed by atoms with Gasteiger partial charge >= 0.3 is 6.18 Å². The third kappa shape index (κ3) is 4.28. The zero-order valence-corrected chi connectivity index (χ0v) is 17.1. The van der Waals surface area contributed by atoms with Crippen molar-refractivity contribution in [1.29, 1.82) is 0 Å². The lowest BCUT2D eigenvalue weighted by Gasteiger charge is -2.45. The molecule has 168 valence electrons. The second-order valence-corrected chi connectivity index (χ2v) is 8.02. The van der Waals surface area contributed by atoms with Crippen LogP contribution >= 0.6 is 0 Å². The average molecular weight is 442 g/mol. The number of alkyl halides is 5. The fourth-order valence-corrected chi connectivity index (χ4v) is 4.23. The van der Waals surface area contributed by atoms with Crippen LogP contribution in [0, 0.1) is 13.8 Å². The number of hydrogen-bond acceptors (Lipinski definition) is 4. The largest absolute Gasteiger partial charge is 0.489 e. The van der Waals surface area contributed by atoms with Crippen molar-refractivity contribution in [1.82, 2.24) is 10.2 Å². The Morgan fingerprint density at radius 1 is 1.23 bits per heavy atom. The predicted molar refractivity (Wildman–Crippen MR) is 106 cm³/mol. The molecule has 4 rings (SSSR count). The molecule has 2 unspecified atom stereocenters. The molecule has 1 aromatic heterocycles. The van der Waals surface area contributed by atoms with Crippen LogP contribution < -0.4 is 10.1 Å². The second kappa shape index (κ2) is 7.85. The number of nitrogens with one attached hydrogen (secondary N) is 1. The number of fused-ring (bicyclic) bond motifs is 1. The molecular weight excluding hydrogens is 419 g/mol. The molecule has 4 nitrogen and oxygen atoms in total. The number of halogens is 5. The first-order chi connectivity index (χ1) is 14.6. The minimum atomic E-state index is -4.73. The Morgan fingerprint density at radius 3 is 2.71 bits per heavy atom. The molecule has 3 heterocycles. The molecule has 0 radical (unpaired) electrons. The average Bonchev–Trinajstić information content (AvgIpc) is 3.03. The summed E-state index contributed by atoms with van der Waals surface area (Å²) in [6.45, 7) is 2.78. The molecule has 9 heteroatoms. The van der Waals surface area contributed by atoms with Crippen LogP contribution in [-0.2, 0) is 0 Å². The van der Waals surface area contributed by atoms with Crippen molar-refractivity contribution in [3.63, 3.8) is 0 Å². The third-order valence-corrected chi connectivity index (χ3v) is 5.66. The zero-order valence-electron chi connectivity index (χ0n) is 17.1. The minimum Gasteiger partial charge on any atom is -0.489 e. The maximum atomic E-state index is 14.4. The number of allylic oxidation sites excluding steroid dienone is 2. The van der Waals surface area contributed by atoms with Crippen molar-refractivity contribution in [2.24, 2.45) is 0 Å². The molecule has 0 bridgehead atoms. The number of benzene rings is 1. The minimum absolute atomic E-state index is 0.0896. The fourth-order valence-electron chi connectivity index (χ4n) is 4.23. The summed E-state index contributed by atoms with van der Waals surface area (Å²) < 4.78 is 82.2. The van der Waals surface area contributed by atoms with Gasteiger partial charge in [-0.05, 0) is 62.2 Å². The van der Waals surface area contributed by atoms with Gasteiger partial charge in [0.15, 0.2) is 6.04 Å². The van der Waals surface area contributed by atoms with E-state index in [1.165, 1.54) is 12.2 Å². The maximum absolute atomic E-state index is 14.4. The Balaban J connectivity index is 1.59. The molecule has 2 aliphatic rings. The first-order valence-corrected chi connectivity index (χ1v) is 10.00. The standard InChI is InChI=1S/C22H23F5N2O2/c1-13-8-18-16(9-14(2)31-18)10-17(13)30-11-15-4-3-7-29(20(15)22(25,26)27)19-5-6-28-12-21(19,23)24/h3-4,7-10,19-20,28H,5-6,11-12H2,1-2H3. The summed E-state index contributed by atoms with van der Waals surface area (Å²) in [4.78, 5) is 0.745. The number of nitrogens with zero attached hydrogens (tertiary/aromatic N) is 1. The van der Waals surface area contributed by atoms with Crippen LogP contribution in [0.5, 0.6) is 5.75 Å². The van der Waals surface area contributed by atoms with Crippen LogP contribution in [0.1, 0.15) is 17.7 Å². The molecule has 31 heavy (non-hydrogen) atoms. The maximum Gasteiger partial charge on any atom is 0.412 e. The Hall–Kier alpha value is -2.55. The van der Waals surface area contributed by atoms with E-state index in [-0.39, 0.29) is 25.1 Å². The van der Waals surface area contributed by atoms with Crippen LogP contribution in [0.4, 0.5) is 22.0 Å². The summed E-state index contributed by atoms with van der Waals surface area (Å²) in [7, 11) is 0. The molecule has 2 atom stereocenters. The Kier molecular flexibility index (Phi) is 5.49. The number of ether oxygens (including phenoxy) is 1. The summed E-state index contributed by atoms with van der Waals surface area (Å²) in [5.74, 6) is -2.15. The molecule has 0 saturated carbocycles. The number of furan rings is 1. The molecule has 2 aromatic rings. The highest BCUT2D eigenvalue weighted by molar-refractivity contribution is 5.80. The van der Waals surface area contributed by atoms with Crippen molar-refractivity contribution < 1.29 is 31.1 Å². The van der Waals surface area contributed by atoms with Crippen molar-refractivity contribution >= 4 is 11.0 Å². The normalized spacial score (nSPS) is 23.8. The van der Waals surface area contributed by atoms with E-state index in [9.17, 15) is 22.0 Å². The Morgan fingerprint density at radius 2 is 2.00 bits per heavy atom. The van der Waals surface area contributed by atoms with Crippen LogP contribution in [0.15, 0.2) is 46.5 Å². The molecule has 1 aromatic carbocycles. The fraction of sp³-hybridized carbons (Fsp3) is 0.455. The van der Waals surface area contributed by atoms with Gasteiger partial charge in [0.25, 0.3) is 5.92 Å². The summed E-state index contributed by atoms with van der Waals surface area (Å²) in [5.41, 5.74) is 1.25. The first kappa shape index (κ1) is 21.7. The topological polar surface area (TPSA) is 37.6 Å². The third-order valence-electron chi connectivity index (χ3n) is 5.66. The smallest absolute Gasteiger partial charge is 0.412 e. The van der Waals surface area contributed by atoms with Crippen molar-refractivity contribution in [2.75, 3.05) is 19.7 Å². The Bertz CT molecular complexity index is 1020. The zero-order chi connectivity index (χ0) is 22.4. The molecule has 1 fully saturated rings. The lowest BCUT2D eigenvalue weighted by molar-refractivity contribution is -0.190. The highest BCUT2D eigenvalue weighted by Gasteiger charge is 2.53. The van der Waals surface area contributed by atoms with E-state index in [2.05, 4.69) is 5.32 Å². The van der Waals surface area contributed by atoms with E-state index < -0.39 is 30.7 Å². The van der Waals surface area contributed by atoms with Gasteiger partial charge in [-0.15, -0.1) is 0 Å². The molecule has 0 aliphatic carbocycles. The number of piperidine rings is 1. The number of rotatable bonds is 4. The van der Waals surface area contributed by atoms with E-state index >= 15 is 0 Å². The SMILES string of the molecule is Cc1cc2cc(OCC3=CC=CN(C4CCNCC4(F)F)C3C(F)(F)F)c(C)cc2o1. The van der Waals surface area contributed by atoms with Crippen molar-refractivity contribution in [2.45, 2.75) is 44.5 Å². The monoisotopic (exact) mass is 442 g/mol. The van der Waals surface area contributed by atoms with Gasteiger partial charge in [-0.3, -0.25) is 0 Å². The van der Waals surface area contributed by atoms with Crippen molar-refractivity contribution in [3.8, 4) is 5.75 Å². The van der Waals surface area contributed by atoms with Gasteiger partial charge < -0.3 is 19.4 Å². The van der Waals surface area contributed by atoms with Gasteiger partial charge in [0.1, 0.15) is 23.7 Å². The second-order valence-electron chi connectivity index (χ2n) is 8.02. The molecule has 1 N–H and O–H groups in total. The van der Waals surface area contributed by atoms with Gasteiger partial charge in [0, 0.05) is 11.6 Å². The molecule has 2 aliphatic heterocycles. The van der Waals surface area contributed by atoms with Gasteiger partial charge in [0.05, 0.1) is 12.6 Å². The van der Waals surface area contributed by atoms with Gasteiger partial charge in [0.2, 0.25) is 0 Å². The van der Waals surface area contributed by atoms with Crippen LogP contribution in [-0.4, -0.2) is 48.8 Å². The van der Waals surface area contributed by atoms with Crippen LogP contribution in [0.3, 0.4) is 0 Å². The van der Waals surface area contributed by atoms with E-state index in [1.807, 2.05) is 6.07 Å². The number of hydrogen-bond donors (Lipinski definition) is 1. The van der Waals surface area contributed by atoms with E-state index in [0.717, 1.165) is 16.5 Å². The van der Waals surface area contributed by atoms with E-state index in [4.69, 9.17) is 9.15 Å². The first-order valence-electron chi connectivity index (χ1n) is 10.00. The quantitative estimate of drug-likeness (QED) is 0.668. The lowest BCUT2D eigenvalue weighted by atomic mass is 9.94. The van der Waals surface area contributed by atoms with E-state index in [1.54, 1.807) is 26.0 Å². The highest BCUT2D eigenvalue weighted by Crippen LogP contribution is 2.39. The van der Waals surface area contributed by atoms with Gasteiger partial charge in [-0.2, -0.15) is 13.2 Å². The molecular formula is C22H23F5N2O2. The van der Waals surface area contributed by atoms with Crippen molar-refractivity contribution in [3.05, 3.63) is 53.4 Å². The van der Waals surface area contributed by atoms with Crippen LogP contribution in [0.25, 0.3) is 11.0 Å².